The summed E-state index contributed by atoms with van der Waals surface area (Å²) < 4.78 is 0. The van der Waals surface area contributed by atoms with Crippen molar-refractivity contribution in [3.63, 3.8) is 0 Å². The fraction of sp³-hybridized carbons (Fsp3) is 0.917. The number of hydrogen-bond acceptors (Lipinski definition) is 3. The molecule has 1 saturated heterocycles. The zero-order chi connectivity index (χ0) is 11.6. The van der Waals surface area contributed by atoms with Gasteiger partial charge in [0.05, 0.1) is 5.54 Å². The first kappa shape index (κ1) is 18.0. The molecule has 0 spiro atoms. The van der Waals surface area contributed by atoms with Gasteiger partial charge in [-0.3, -0.25) is 9.69 Å². The Hall–Kier alpha value is -0.0300. The maximum atomic E-state index is 11.6. The van der Waals surface area contributed by atoms with Crippen molar-refractivity contribution in [1.29, 1.82) is 0 Å². The van der Waals surface area contributed by atoms with E-state index in [0.717, 1.165) is 25.9 Å². The number of nitrogens with zero attached hydrogens (tertiary/aromatic N) is 1. The highest BCUT2D eigenvalue weighted by atomic mass is 35.5. The lowest BCUT2D eigenvalue weighted by molar-refractivity contribution is -0.123. The van der Waals surface area contributed by atoms with Crippen LogP contribution in [0.1, 0.15) is 39.0 Å². The summed E-state index contributed by atoms with van der Waals surface area (Å²) >= 11 is 0. The third kappa shape index (κ3) is 4.57. The lowest BCUT2D eigenvalue weighted by Gasteiger charge is -2.33. The zero-order valence-corrected chi connectivity index (χ0v) is 12.6. The summed E-state index contributed by atoms with van der Waals surface area (Å²) in [5.74, 6) is 0.0390. The third-order valence-electron chi connectivity index (χ3n) is 3.87. The number of piperidine rings is 1. The van der Waals surface area contributed by atoms with Gasteiger partial charge in [-0.15, -0.1) is 24.8 Å². The van der Waals surface area contributed by atoms with E-state index in [2.05, 4.69) is 17.1 Å². The summed E-state index contributed by atoms with van der Waals surface area (Å²) in [6.07, 6.45) is 5.61. The molecule has 1 amide bonds. The number of rotatable bonds is 4. The molecule has 0 aromatic heterocycles. The van der Waals surface area contributed by atoms with Crippen LogP contribution in [0.5, 0.6) is 0 Å². The molecular formula is C12H25Cl2N3O. The number of nitrogens with one attached hydrogen (secondary N) is 1. The molecule has 0 bridgehead atoms. The number of amides is 1. The molecule has 0 aromatic rings. The van der Waals surface area contributed by atoms with E-state index in [4.69, 9.17) is 5.73 Å². The van der Waals surface area contributed by atoms with Crippen LogP contribution in [0.15, 0.2) is 0 Å². The molecule has 108 valence electrons. The minimum absolute atomic E-state index is 0. The van der Waals surface area contributed by atoms with E-state index in [1.165, 1.54) is 25.8 Å². The molecule has 1 saturated carbocycles. The van der Waals surface area contributed by atoms with E-state index in [-0.39, 0.29) is 30.7 Å². The lowest BCUT2D eigenvalue weighted by Crippen LogP contribution is -2.47. The Morgan fingerprint density at radius 2 is 2.06 bits per heavy atom. The summed E-state index contributed by atoms with van der Waals surface area (Å²) in [5.41, 5.74) is 5.29. The Bertz CT molecular complexity index is 272. The molecule has 0 radical (unpaired) electrons. The van der Waals surface area contributed by atoms with Gasteiger partial charge in [-0.25, -0.2) is 0 Å². The molecule has 2 fully saturated rings. The van der Waals surface area contributed by atoms with E-state index in [1.807, 2.05) is 0 Å². The Morgan fingerprint density at radius 3 is 2.61 bits per heavy atom. The number of carbonyl (C=O) groups is 1. The van der Waals surface area contributed by atoms with Crippen molar-refractivity contribution < 1.29 is 4.79 Å². The molecule has 2 aliphatic rings. The lowest BCUT2D eigenvalue weighted by atomic mass is 10.0. The number of nitrogens with two attached hydrogens (primary N) is 1. The van der Waals surface area contributed by atoms with Crippen LogP contribution < -0.4 is 11.1 Å². The van der Waals surface area contributed by atoms with Gasteiger partial charge in [0.2, 0.25) is 5.91 Å². The highest BCUT2D eigenvalue weighted by Crippen LogP contribution is 2.31. The van der Waals surface area contributed by atoms with Gasteiger partial charge >= 0.3 is 0 Å². The van der Waals surface area contributed by atoms with Crippen molar-refractivity contribution in [2.45, 2.75) is 50.6 Å². The number of likely N-dealkylation sites (tertiary alicyclic amines) is 1. The van der Waals surface area contributed by atoms with Crippen molar-refractivity contribution in [3.8, 4) is 0 Å². The average Bonchev–Trinajstić information content (AvgIpc) is 3.01. The average molecular weight is 298 g/mol. The Morgan fingerprint density at radius 1 is 1.39 bits per heavy atom. The maximum absolute atomic E-state index is 11.6. The van der Waals surface area contributed by atoms with Crippen LogP contribution in [0.4, 0.5) is 0 Å². The molecule has 1 aliphatic heterocycles. The highest BCUT2D eigenvalue weighted by Gasteiger charge is 2.45. The van der Waals surface area contributed by atoms with Crippen molar-refractivity contribution in [3.05, 3.63) is 0 Å². The molecule has 2 rings (SSSR count). The molecule has 1 atom stereocenters. The number of halogens is 2. The fourth-order valence-electron chi connectivity index (χ4n) is 2.34. The number of hydrogen-bond donors (Lipinski definition) is 2. The van der Waals surface area contributed by atoms with Gasteiger partial charge in [0, 0.05) is 19.1 Å². The SMILES string of the molecule is CC1CCCCN1CCNC(=O)C1(N)CC1.Cl.Cl. The largest absolute Gasteiger partial charge is 0.353 e. The molecule has 4 nitrogen and oxygen atoms in total. The Labute approximate surface area is 122 Å². The van der Waals surface area contributed by atoms with Gasteiger partial charge in [-0.05, 0) is 39.2 Å². The second-order valence-corrected chi connectivity index (χ2v) is 5.29. The summed E-state index contributed by atoms with van der Waals surface area (Å²) in [4.78, 5) is 14.1. The second-order valence-electron chi connectivity index (χ2n) is 5.29. The Balaban J connectivity index is 0.00000144. The topological polar surface area (TPSA) is 58.4 Å². The summed E-state index contributed by atoms with van der Waals surface area (Å²) in [6, 6.07) is 0.665. The smallest absolute Gasteiger partial charge is 0.240 e. The summed E-state index contributed by atoms with van der Waals surface area (Å²) in [6.45, 7) is 5.14. The minimum Gasteiger partial charge on any atom is -0.353 e. The van der Waals surface area contributed by atoms with Gasteiger partial charge in [0.1, 0.15) is 0 Å². The Kier molecular flexibility index (Phi) is 7.52. The molecular weight excluding hydrogens is 273 g/mol. The monoisotopic (exact) mass is 297 g/mol. The van der Waals surface area contributed by atoms with E-state index in [9.17, 15) is 4.79 Å². The third-order valence-corrected chi connectivity index (χ3v) is 3.87. The van der Waals surface area contributed by atoms with E-state index in [1.54, 1.807) is 0 Å². The van der Waals surface area contributed by atoms with Crippen molar-refractivity contribution in [1.82, 2.24) is 10.2 Å². The van der Waals surface area contributed by atoms with Crippen molar-refractivity contribution in [2.75, 3.05) is 19.6 Å². The van der Waals surface area contributed by atoms with Gasteiger partial charge in [-0.2, -0.15) is 0 Å². The van der Waals surface area contributed by atoms with E-state index < -0.39 is 5.54 Å². The van der Waals surface area contributed by atoms with E-state index >= 15 is 0 Å². The molecule has 6 heteroatoms. The first-order chi connectivity index (χ1) is 7.62. The molecule has 1 heterocycles. The first-order valence-corrected chi connectivity index (χ1v) is 6.43. The van der Waals surface area contributed by atoms with Crippen LogP contribution in [0.3, 0.4) is 0 Å². The van der Waals surface area contributed by atoms with Crippen LogP contribution in [0, 0.1) is 0 Å². The normalized spacial score (nSPS) is 25.6. The van der Waals surface area contributed by atoms with Crippen molar-refractivity contribution >= 4 is 30.7 Å². The number of carbonyl (C=O) groups excluding carboxylic acids is 1. The quantitative estimate of drug-likeness (QED) is 0.823. The fourth-order valence-corrected chi connectivity index (χ4v) is 2.34. The second kappa shape index (κ2) is 7.53. The zero-order valence-electron chi connectivity index (χ0n) is 11.0. The molecule has 0 aromatic carbocycles. The highest BCUT2D eigenvalue weighted by molar-refractivity contribution is 5.88. The molecule has 3 N–H and O–H groups in total. The van der Waals surface area contributed by atoms with Crippen LogP contribution in [-0.2, 0) is 4.79 Å². The van der Waals surface area contributed by atoms with Crippen LogP contribution >= 0.6 is 24.8 Å². The van der Waals surface area contributed by atoms with Crippen LogP contribution in [0.25, 0.3) is 0 Å². The van der Waals surface area contributed by atoms with Gasteiger partial charge < -0.3 is 11.1 Å². The standard InChI is InChI=1S/C12H23N3O.2ClH/c1-10-4-2-3-8-15(10)9-7-14-11(16)12(13)5-6-12;;/h10H,2-9,13H2,1H3,(H,14,16);2*1H. The van der Waals surface area contributed by atoms with Gasteiger partial charge in [-0.1, -0.05) is 6.42 Å². The predicted octanol–water partition coefficient (Wildman–Crippen LogP) is 1.31. The van der Waals surface area contributed by atoms with Gasteiger partial charge in [0.15, 0.2) is 0 Å². The van der Waals surface area contributed by atoms with Crippen molar-refractivity contribution in [2.24, 2.45) is 5.73 Å². The summed E-state index contributed by atoms with van der Waals surface area (Å²) in [5, 5.41) is 2.95. The van der Waals surface area contributed by atoms with Gasteiger partial charge in [0.25, 0.3) is 0 Å². The maximum Gasteiger partial charge on any atom is 0.240 e. The predicted molar refractivity (Wildman–Crippen MR) is 78.5 cm³/mol. The molecule has 1 aliphatic carbocycles. The summed E-state index contributed by atoms with van der Waals surface area (Å²) in [7, 11) is 0. The molecule has 1 unspecified atom stereocenters. The van der Waals surface area contributed by atoms with Crippen LogP contribution in [0.2, 0.25) is 0 Å². The minimum atomic E-state index is -0.520. The van der Waals surface area contributed by atoms with E-state index in [0.29, 0.717) is 6.04 Å². The molecule has 18 heavy (non-hydrogen) atoms. The first-order valence-electron chi connectivity index (χ1n) is 6.43. The van der Waals surface area contributed by atoms with Crippen LogP contribution in [-0.4, -0.2) is 42.0 Å².